The van der Waals surface area contributed by atoms with Gasteiger partial charge in [-0.2, -0.15) is 0 Å². The largest absolute Gasteiger partial charge is 0.491 e. The van der Waals surface area contributed by atoms with E-state index >= 15 is 0 Å². The average molecular weight is 479 g/mol. The number of carbonyl (C=O) groups excluding carboxylic acids is 1. The normalized spacial score (nSPS) is 14.0. The van der Waals surface area contributed by atoms with E-state index in [1.807, 2.05) is 39.0 Å². The van der Waals surface area contributed by atoms with Crippen molar-refractivity contribution < 1.29 is 14.3 Å². The lowest BCUT2D eigenvalue weighted by atomic mass is 10.1. The molecule has 2 aromatic rings. The van der Waals surface area contributed by atoms with Gasteiger partial charge in [0.1, 0.15) is 11.4 Å². The number of ether oxygens (including phenoxy) is 2. The molecule has 6 nitrogen and oxygen atoms in total. The third kappa shape index (κ3) is 5.78. The Morgan fingerprint density at radius 2 is 2.00 bits per heavy atom. The Bertz CT molecular complexity index is 974. The lowest BCUT2D eigenvalue weighted by molar-refractivity contribution is 0.0522. The number of aromatic nitrogens is 1. The summed E-state index contributed by atoms with van der Waals surface area (Å²) in [6.07, 6.45) is 3.65. The molecule has 1 aliphatic carbocycles. The highest BCUT2D eigenvalue weighted by Crippen LogP contribution is 2.34. The van der Waals surface area contributed by atoms with Gasteiger partial charge in [0.25, 0.3) is 5.56 Å². The zero-order valence-electron chi connectivity index (χ0n) is 18.2. The number of benzene rings is 1. The van der Waals surface area contributed by atoms with Gasteiger partial charge in [0, 0.05) is 16.4 Å². The summed E-state index contributed by atoms with van der Waals surface area (Å²) < 4.78 is 14.2. The molecule has 0 atom stereocenters. The van der Waals surface area contributed by atoms with Crippen molar-refractivity contribution in [3.63, 3.8) is 0 Å². The maximum Gasteiger partial charge on any atom is 0.407 e. The van der Waals surface area contributed by atoms with Gasteiger partial charge in [-0.15, -0.1) is 0 Å². The average Bonchev–Trinajstić information content (AvgIpc) is 3.47. The van der Waals surface area contributed by atoms with E-state index in [0.717, 1.165) is 35.5 Å². The molecule has 1 N–H and O–H groups in total. The maximum absolute atomic E-state index is 13.3. The van der Waals surface area contributed by atoms with E-state index in [4.69, 9.17) is 9.47 Å². The number of hydrogen-bond acceptors (Lipinski definition) is 4. The predicted octanol–water partition coefficient (Wildman–Crippen LogP) is 5.38. The Hall–Kier alpha value is -2.02. The molecule has 3 rings (SSSR count). The van der Waals surface area contributed by atoms with E-state index in [0.29, 0.717) is 35.9 Å². The lowest BCUT2D eigenvalue weighted by Gasteiger charge is -2.22. The van der Waals surface area contributed by atoms with Gasteiger partial charge in [-0.25, -0.2) is 4.79 Å². The van der Waals surface area contributed by atoms with E-state index in [1.54, 1.807) is 4.57 Å². The molecule has 1 heterocycles. The Kier molecular flexibility index (Phi) is 7.11. The molecule has 30 heavy (non-hydrogen) atoms. The van der Waals surface area contributed by atoms with Crippen LogP contribution in [0.1, 0.15) is 59.1 Å². The van der Waals surface area contributed by atoms with Crippen LogP contribution in [-0.2, 0) is 17.8 Å². The second kappa shape index (κ2) is 9.41. The number of amides is 1. The highest BCUT2D eigenvalue weighted by atomic mass is 79.9. The summed E-state index contributed by atoms with van der Waals surface area (Å²) in [5, 5.41) is 4.21. The third-order valence-electron chi connectivity index (χ3n) is 4.97. The zero-order valence-corrected chi connectivity index (χ0v) is 19.8. The monoisotopic (exact) mass is 478 g/mol. The first kappa shape index (κ1) is 22.7. The Labute approximate surface area is 186 Å². The van der Waals surface area contributed by atoms with Crippen LogP contribution in [0.4, 0.5) is 4.79 Å². The Morgan fingerprint density at radius 1 is 1.27 bits per heavy atom. The van der Waals surface area contributed by atoms with Crippen LogP contribution in [0.3, 0.4) is 0 Å². The first-order chi connectivity index (χ1) is 14.2. The van der Waals surface area contributed by atoms with Crippen LogP contribution in [-0.4, -0.2) is 22.9 Å². The van der Waals surface area contributed by atoms with Crippen molar-refractivity contribution in [1.82, 2.24) is 9.88 Å². The lowest BCUT2D eigenvalue weighted by Crippen LogP contribution is -2.35. The minimum atomic E-state index is -0.591. The SMILES string of the molecule is CCCCOc1c(CNC(=O)OC(C)(C)C)n(CC2CC2)c(=O)c2ccc(Br)cc12. The van der Waals surface area contributed by atoms with Crippen LogP contribution in [0, 0.1) is 5.92 Å². The van der Waals surface area contributed by atoms with Gasteiger partial charge < -0.3 is 19.4 Å². The van der Waals surface area contributed by atoms with E-state index < -0.39 is 11.7 Å². The van der Waals surface area contributed by atoms with Gasteiger partial charge in [0.05, 0.1) is 24.2 Å². The second-order valence-corrected chi connectivity index (χ2v) is 9.80. The molecule has 0 saturated heterocycles. The van der Waals surface area contributed by atoms with Gasteiger partial charge in [-0.05, 0) is 64.2 Å². The van der Waals surface area contributed by atoms with Crippen molar-refractivity contribution in [2.45, 2.75) is 72.1 Å². The second-order valence-electron chi connectivity index (χ2n) is 8.88. The fourth-order valence-electron chi connectivity index (χ4n) is 3.31. The van der Waals surface area contributed by atoms with Crippen molar-refractivity contribution >= 4 is 32.8 Å². The number of alkyl carbamates (subject to hydrolysis) is 1. The molecule has 164 valence electrons. The van der Waals surface area contributed by atoms with Crippen LogP contribution in [0.2, 0.25) is 0 Å². The topological polar surface area (TPSA) is 69.6 Å². The number of nitrogens with one attached hydrogen (secondary N) is 1. The number of carbonyl (C=O) groups is 1. The summed E-state index contributed by atoms with van der Waals surface area (Å²) in [6, 6.07) is 5.62. The highest BCUT2D eigenvalue weighted by Gasteiger charge is 2.27. The number of nitrogens with zero attached hydrogens (tertiary/aromatic N) is 1. The van der Waals surface area contributed by atoms with Crippen molar-refractivity contribution in [2.24, 2.45) is 5.92 Å². The quantitative estimate of drug-likeness (QED) is 0.517. The highest BCUT2D eigenvalue weighted by molar-refractivity contribution is 9.10. The molecule has 1 aromatic heterocycles. The van der Waals surface area contributed by atoms with Gasteiger partial charge in [0.2, 0.25) is 0 Å². The fraction of sp³-hybridized carbons (Fsp3) is 0.565. The van der Waals surface area contributed by atoms with Crippen LogP contribution in [0.5, 0.6) is 5.75 Å². The summed E-state index contributed by atoms with van der Waals surface area (Å²) in [7, 11) is 0. The number of halogens is 1. The molecule has 1 aromatic carbocycles. The maximum atomic E-state index is 13.3. The molecule has 1 fully saturated rings. The molecular formula is C23H31BrN2O4. The predicted molar refractivity (Wildman–Crippen MR) is 122 cm³/mol. The van der Waals surface area contributed by atoms with E-state index in [1.165, 1.54) is 0 Å². The van der Waals surface area contributed by atoms with Crippen LogP contribution >= 0.6 is 15.9 Å². The Balaban J connectivity index is 2.05. The minimum absolute atomic E-state index is 0.0479. The molecule has 0 unspecified atom stereocenters. The van der Waals surface area contributed by atoms with Gasteiger partial charge in [-0.1, -0.05) is 29.3 Å². The number of pyridine rings is 1. The first-order valence-corrected chi connectivity index (χ1v) is 11.4. The minimum Gasteiger partial charge on any atom is -0.491 e. The summed E-state index contributed by atoms with van der Waals surface area (Å²) in [5.74, 6) is 1.16. The molecular weight excluding hydrogens is 448 g/mol. The molecule has 7 heteroatoms. The molecule has 1 aliphatic rings. The van der Waals surface area contributed by atoms with Crippen LogP contribution in [0.15, 0.2) is 27.5 Å². The van der Waals surface area contributed by atoms with E-state index in [9.17, 15) is 9.59 Å². The van der Waals surface area contributed by atoms with E-state index in [-0.39, 0.29) is 12.1 Å². The molecule has 0 aliphatic heterocycles. The molecule has 0 radical (unpaired) electrons. The van der Waals surface area contributed by atoms with Gasteiger partial charge >= 0.3 is 6.09 Å². The zero-order chi connectivity index (χ0) is 21.9. The van der Waals surface area contributed by atoms with E-state index in [2.05, 4.69) is 28.2 Å². The molecule has 1 amide bonds. The molecule has 0 spiro atoms. The molecule has 0 bridgehead atoms. The standard InChI is InChI=1S/C23H31BrN2O4/c1-5-6-11-29-20-18-12-16(24)9-10-17(18)21(27)26(14-15-7-8-15)19(20)13-25-22(28)30-23(2,3)4/h9-10,12,15H,5-8,11,13-14H2,1-4H3,(H,25,28). The summed E-state index contributed by atoms with van der Waals surface area (Å²) >= 11 is 3.51. The van der Waals surface area contributed by atoms with Crippen molar-refractivity contribution in [3.05, 3.63) is 38.7 Å². The summed E-state index contributed by atoms with van der Waals surface area (Å²) in [5.41, 5.74) is 0.0552. The fourth-order valence-corrected chi connectivity index (χ4v) is 3.68. The van der Waals surface area contributed by atoms with Crippen LogP contribution in [0.25, 0.3) is 10.8 Å². The van der Waals surface area contributed by atoms with Crippen molar-refractivity contribution in [3.8, 4) is 5.75 Å². The van der Waals surface area contributed by atoms with Crippen molar-refractivity contribution in [2.75, 3.05) is 6.61 Å². The summed E-state index contributed by atoms with van der Waals surface area (Å²) in [4.78, 5) is 25.6. The Morgan fingerprint density at radius 3 is 2.63 bits per heavy atom. The smallest absolute Gasteiger partial charge is 0.407 e. The van der Waals surface area contributed by atoms with Gasteiger partial charge in [-0.3, -0.25) is 4.79 Å². The first-order valence-electron chi connectivity index (χ1n) is 10.6. The number of fused-ring (bicyclic) bond motifs is 1. The third-order valence-corrected chi connectivity index (χ3v) is 5.46. The number of unbranched alkanes of at least 4 members (excludes halogenated alkanes) is 1. The van der Waals surface area contributed by atoms with Crippen molar-refractivity contribution in [1.29, 1.82) is 0 Å². The number of rotatable bonds is 8. The number of hydrogen-bond donors (Lipinski definition) is 1. The summed E-state index contributed by atoms with van der Waals surface area (Å²) in [6.45, 7) is 8.94. The van der Waals surface area contributed by atoms with Gasteiger partial charge in [0.15, 0.2) is 0 Å². The molecule has 1 saturated carbocycles. The van der Waals surface area contributed by atoms with Crippen LogP contribution < -0.4 is 15.6 Å².